The van der Waals surface area contributed by atoms with Gasteiger partial charge >= 0.3 is 0 Å². The number of aliphatic imine (C=N–C) groups is 1. The summed E-state index contributed by atoms with van der Waals surface area (Å²) in [4.78, 5) is 20.2. The summed E-state index contributed by atoms with van der Waals surface area (Å²) in [6.45, 7) is 7.65. The second kappa shape index (κ2) is 9.60. The Morgan fingerprint density at radius 1 is 1.11 bits per heavy atom. The highest BCUT2D eigenvalue weighted by atomic mass is 32.2. The van der Waals surface area contributed by atoms with Crippen LogP contribution in [-0.2, 0) is 4.79 Å². The number of carbonyl (C=O) groups is 1. The molecule has 5 heteroatoms. The van der Waals surface area contributed by atoms with Gasteiger partial charge in [0, 0.05) is 6.54 Å². The van der Waals surface area contributed by atoms with Crippen LogP contribution in [0.4, 0.5) is 5.69 Å². The highest BCUT2D eigenvalue weighted by molar-refractivity contribution is 8.18. The summed E-state index contributed by atoms with van der Waals surface area (Å²) in [5.41, 5.74) is 1.83. The largest absolute Gasteiger partial charge is 0.494 e. The van der Waals surface area contributed by atoms with Crippen LogP contribution in [0.3, 0.4) is 0 Å². The summed E-state index contributed by atoms with van der Waals surface area (Å²) in [6.07, 6.45) is 2.91. The molecule has 1 aliphatic heterocycles. The van der Waals surface area contributed by atoms with Gasteiger partial charge in [-0.2, -0.15) is 0 Å². The van der Waals surface area contributed by atoms with Crippen LogP contribution in [-0.4, -0.2) is 29.1 Å². The number of rotatable bonds is 7. The number of benzene rings is 2. The van der Waals surface area contributed by atoms with Crippen molar-refractivity contribution in [3.63, 3.8) is 0 Å². The Labute approximate surface area is 171 Å². The van der Waals surface area contributed by atoms with Gasteiger partial charge in [0.25, 0.3) is 5.91 Å². The molecule has 0 aliphatic carbocycles. The fourth-order valence-corrected chi connectivity index (χ4v) is 3.77. The second-order valence-corrected chi connectivity index (χ2v) is 8.08. The summed E-state index contributed by atoms with van der Waals surface area (Å²) in [5, 5.41) is 0.735. The molecule has 2 aromatic rings. The first kappa shape index (κ1) is 20.2. The molecule has 4 nitrogen and oxygen atoms in total. The van der Waals surface area contributed by atoms with E-state index in [0.29, 0.717) is 24.0 Å². The Hall–Kier alpha value is -2.53. The minimum Gasteiger partial charge on any atom is -0.494 e. The number of hydrogen-bond donors (Lipinski definition) is 0. The van der Waals surface area contributed by atoms with E-state index in [1.165, 1.54) is 11.8 Å². The number of thioether (sulfide) groups is 1. The summed E-state index contributed by atoms with van der Waals surface area (Å²) in [5.74, 6) is 1.22. The molecule has 3 rings (SSSR count). The van der Waals surface area contributed by atoms with Crippen LogP contribution >= 0.6 is 11.8 Å². The normalized spacial score (nSPS) is 17.1. The van der Waals surface area contributed by atoms with Crippen molar-refractivity contribution in [3.8, 4) is 5.75 Å². The summed E-state index contributed by atoms with van der Waals surface area (Å²) in [6, 6.07) is 17.6. The van der Waals surface area contributed by atoms with E-state index in [2.05, 4.69) is 20.8 Å². The van der Waals surface area contributed by atoms with Crippen LogP contribution < -0.4 is 4.74 Å². The maximum atomic E-state index is 13.0. The third-order valence-electron chi connectivity index (χ3n) is 4.07. The van der Waals surface area contributed by atoms with Crippen molar-refractivity contribution in [2.24, 2.45) is 10.9 Å². The Kier molecular flexibility index (Phi) is 6.93. The van der Waals surface area contributed by atoms with Crippen LogP contribution in [0.1, 0.15) is 32.8 Å². The standard InChI is InChI=1S/C23H26N2O2S/c1-4-14-27-20-12-10-18(11-13-20)15-21-22(26)25(16-17(2)3)23(28-21)24-19-8-6-5-7-9-19/h5-13,15,17H,4,14,16H2,1-3H3/b21-15+,24-23?. The lowest BCUT2D eigenvalue weighted by Gasteiger charge is -2.17. The number of nitrogens with zero attached hydrogens (tertiary/aromatic N) is 2. The number of para-hydroxylation sites is 1. The van der Waals surface area contributed by atoms with Gasteiger partial charge in [0.15, 0.2) is 5.17 Å². The third-order valence-corrected chi connectivity index (χ3v) is 5.07. The average molecular weight is 395 g/mol. The lowest BCUT2D eigenvalue weighted by atomic mass is 10.2. The van der Waals surface area contributed by atoms with Crippen LogP contribution in [0.5, 0.6) is 5.75 Å². The van der Waals surface area contributed by atoms with E-state index in [9.17, 15) is 4.79 Å². The van der Waals surface area contributed by atoms with E-state index in [0.717, 1.165) is 28.6 Å². The van der Waals surface area contributed by atoms with Crippen LogP contribution in [0.25, 0.3) is 6.08 Å². The van der Waals surface area contributed by atoms with Gasteiger partial charge in [-0.1, -0.05) is 51.1 Å². The predicted octanol–water partition coefficient (Wildman–Crippen LogP) is 5.74. The molecule has 0 bridgehead atoms. The van der Waals surface area contributed by atoms with Crippen molar-refractivity contribution in [1.29, 1.82) is 0 Å². The lowest BCUT2D eigenvalue weighted by Crippen LogP contribution is -2.32. The molecule has 1 heterocycles. The van der Waals surface area contributed by atoms with Crippen molar-refractivity contribution in [3.05, 3.63) is 65.1 Å². The molecule has 1 saturated heterocycles. The second-order valence-electron chi connectivity index (χ2n) is 7.07. The van der Waals surface area contributed by atoms with Gasteiger partial charge in [-0.05, 0) is 60.0 Å². The third kappa shape index (κ3) is 5.26. The van der Waals surface area contributed by atoms with E-state index in [1.807, 2.05) is 60.7 Å². The van der Waals surface area contributed by atoms with E-state index >= 15 is 0 Å². The van der Waals surface area contributed by atoms with Crippen LogP contribution in [0.2, 0.25) is 0 Å². The van der Waals surface area contributed by atoms with E-state index in [1.54, 1.807) is 4.90 Å². The van der Waals surface area contributed by atoms with Crippen molar-refractivity contribution < 1.29 is 9.53 Å². The SMILES string of the molecule is CCCOc1ccc(/C=C2/SC(=Nc3ccccc3)N(CC(C)C)C2=O)cc1. The molecule has 0 saturated carbocycles. The van der Waals surface area contributed by atoms with Gasteiger partial charge in [-0.25, -0.2) is 4.99 Å². The summed E-state index contributed by atoms with van der Waals surface area (Å²) < 4.78 is 5.63. The molecule has 146 valence electrons. The predicted molar refractivity (Wildman–Crippen MR) is 118 cm³/mol. The molecule has 1 fully saturated rings. The molecule has 0 unspecified atom stereocenters. The molecule has 0 N–H and O–H groups in total. The topological polar surface area (TPSA) is 41.9 Å². The number of amidine groups is 1. The van der Waals surface area contributed by atoms with Gasteiger partial charge in [-0.3, -0.25) is 9.69 Å². The molecule has 0 spiro atoms. The number of amides is 1. The zero-order valence-corrected chi connectivity index (χ0v) is 17.4. The van der Waals surface area contributed by atoms with Gasteiger partial charge in [-0.15, -0.1) is 0 Å². The fourth-order valence-electron chi connectivity index (χ4n) is 2.76. The van der Waals surface area contributed by atoms with Crippen molar-refractivity contribution in [2.75, 3.05) is 13.2 Å². The molecule has 0 radical (unpaired) electrons. The highest BCUT2D eigenvalue weighted by Crippen LogP contribution is 2.34. The number of carbonyl (C=O) groups excluding carboxylic acids is 1. The first-order valence-corrected chi connectivity index (χ1v) is 10.5. The number of hydrogen-bond acceptors (Lipinski definition) is 4. The van der Waals surface area contributed by atoms with Gasteiger partial charge in [0.1, 0.15) is 5.75 Å². The Morgan fingerprint density at radius 3 is 2.46 bits per heavy atom. The molecule has 28 heavy (non-hydrogen) atoms. The molecule has 0 atom stereocenters. The van der Waals surface area contributed by atoms with Crippen molar-refractivity contribution in [1.82, 2.24) is 4.90 Å². The van der Waals surface area contributed by atoms with Crippen LogP contribution in [0.15, 0.2) is 64.5 Å². The molecule has 1 aliphatic rings. The van der Waals surface area contributed by atoms with Crippen molar-refractivity contribution >= 4 is 34.6 Å². The lowest BCUT2D eigenvalue weighted by molar-refractivity contribution is -0.122. The Balaban J connectivity index is 1.84. The average Bonchev–Trinajstić information content (AvgIpc) is 2.96. The molecular weight excluding hydrogens is 368 g/mol. The zero-order valence-electron chi connectivity index (χ0n) is 16.6. The Bertz CT molecular complexity index is 858. The van der Waals surface area contributed by atoms with Gasteiger partial charge < -0.3 is 4.74 Å². The fraction of sp³-hybridized carbons (Fsp3) is 0.304. The first-order valence-electron chi connectivity index (χ1n) is 9.65. The minimum absolute atomic E-state index is 0.0136. The Morgan fingerprint density at radius 2 is 1.82 bits per heavy atom. The van der Waals surface area contributed by atoms with Crippen LogP contribution in [0, 0.1) is 5.92 Å². The molecule has 1 amide bonds. The van der Waals surface area contributed by atoms with Gasteiger partial charge in [0.05, 0.1) is 17.2 Å². The highest BCUT2D eigenvalue weighted by Gasteiger charge is 2.33. The maximum Gasteiger partial charge on any atom is 0.266 e. The maximum absolute atomic E-state index is 13.0. The van der Waals surface area contributed by atoms with E-state index in [4.69, 9.17) is 9.73 Å². The number of ether oxygens (including phenoxy) is 1. The monoisotopic (exact) mass is 394 g/mol. The van der Waals surface area contributed by atoms with Gasteiger partial charge in [0.2, 0.25) is 0 Å². The summed E-state index contributed by atoms with van der Waals surface area (Å²) in [7, 11) is 0. The molecule has 0 aromatic heterocycles. The van der Waals surface area contributed by atoms with Crippen molar-refractivity contribution in [2.45, 2.75) is 27.2 Å². The zero-order chi connectivity index (χ0) is 19.9. The molecule has 2 aromatic carbocycles. The smallest absolute Gasteiger partial charge is 0.266 e. The molecular formula is C23H26N2O2S. The van der Waals surface area contributed by atoms with E-state index < -0.39 is 0 Å². The minimum atomic E-state index is 0.0136. The quantitative estimate of drug-likeness (QED) is 0.563. The summed E-state index contributed by atoms with van der Waals surface area (Å²) >= 11 is 1.43. The first-order chi connectivity index (χ1) is 13.6. The van der Waals surface area contributed by atoms with E-state index in [-0.39, 0.29) is 5.91 Å².